The number of para-hydroxylation sites is 1. The first kappa shape index (κ1) is 18.6. The molecule has 2 aromatic rings. The summed E-state index contributed by atoms with van der Waals surface area (Å²) in [5.74, 6) is 1.12. The van der Waals surface area contributed by atoms with Crippen molar-refractivity contribution in [1.82, 2.24) is 25.3 Å². The number of hydrogen-bond donors (Lipinski definition) is 3. The Kier molecular flexibility index (Phi) is 5.01. The number of rotatable bonds is 4. The van der Waals surface area contributed by atoms with Crippen molar-refractivity contribution < 1.29 is 4.79 Å². The maximum atomic E-state index is 12.8. The molecule has 4 heterocycles. The molecule has 0 saturated carbocycles. The van der Waals surface area contributed by atoms with Crippen LogP contribution in [0.1, 0.15) is 36.2 Å². The third-order valence-electron chi connectivity index (χ3n) is 6.98. The van der Waals surface area contributed by atoms with Crippen molar-refractivity contribution in [3.8, 4) is 5.69 Å². The van der Waals surface area contributed by atoms with Crippen LogP contribution in [0.2, 0.25) is 0 Å². The Morgan fingerprint density at radius 3 is 2.83 bits per heavy atom. The van der Waals surface area contributed by atoms with Gasteiger partial charge in [0.25, 0.3) is 11.5 Å². The third kappa shape index (κ3) is 3.53. The Morgan fingerprint density at radius 2 is 1.97 bits per heavy atom. The van der Waals surface area contributed by atoms with Crippen molar-refractivity contribution in [1.29, 1.82) is 0 Å². The number of piperidine rings is 3. The Labute approximate surface area is 170 Å². The van der Waals surface area contributed by atoms with Crippen LogP contribution in [0.3, 0.4) is 0 Å². The van der Waals surface area contributed by atoms with Gasteiger partial charge in [-0.1, -0.05) is 24.6 Å². The number of carbonyl (C=O) groups excluding carboxylic acids is 1. The molecule has 0 unspecified atom stereocenters. The molecule has 29 heavy (non-hydrogen) atoms. The molecule has 0 aliphatic carbocycles. The smallest absolute Gasteiger partial charge is 0.271 e. The minimum atomic E-state index is -0.227. The molecule has 0 spiro atoms. The quantitative estimate of drug-likeness (QED) is 0.730. The van der Waals surface area contributed by atoms with Gasteiger partial charge in [-0.2, -0.15) is 0 Å². The highest BCUT2D eigenvalue weighted by Gasteiger charge is 2.45. The van der Waals surface area contributed by atoms with Crippen molar-refractivity contribution in [3.63, 3.8) is 0 Å². The molecule has 3 N–H and O–H groups in total. The lowest BCUT2D eigenvalue weighted by Crippen LogP contribution is -2.65. The summed E-state index contributed by atoms with van der Waals surface area (Å²) in [6.07, 6.45) is 5.10. The number of aromatic amines is 1. The number of carbonyl (C=O) groups is 1. The van der Waals surface area contributed by atoms with E-state index in [0.717, 1.165) is 31.2 Å². The van der Waals surface area contributed by atoms with E-state index in [9.17, 15) is 9.59 Å². The van der Waals surface area contributed by atoms with Crippen molar-refractivity contribution in [2.45, 2.75) is 37.8 Å². The average molecular weight is 396 g/mol. The summed E-state index contributed by atoms with van der Waals surface area (Å²) in [5, 5.41) is 9.66. The number of nitrogens with zero attached hydrogens (tertiary/aromatic N) is 2. The van der Waals surface area contributed by atoms with E-state index in [2.05, 4.69) is 20.6 Å². The van der Waals surface area contributed by atoms with E-state index in [-0.39, 0.29) is 11.5 Å². The molecule has 1 aromatic carbocycles. The minimum Gasteiger partial charge on any atom is -0.349 e. The van der Waals surface area contributed by atoms with Gasteiger partial charge in [-0.3, -0.25) is 19.6 Å². The first-order chi connectivity index (χ1) is 14.2. The number of benzene rings is 1. The number of fused-ring (bicyclic) bond motifs is 4. The molecule has 3 aliphatic heterocycles. The molecular formula is C22H29N5O2. The first-order valence-electron chi connectivity index (χ1n) is 10.8. The van der Waals surface area contributed by atoms with Crippen molar-refractivity contribution in [2.75, 3.05) is 26.2 Å². The summed E-state index contributed by atoms with van der Waals surface area (Å²) < 4.78 is 1.41. The van der Waals surface area contributed by atoms with Crippen LogP contribution >= 0.6 is 0 Å². The molecule has 3 aliphatic rings. The molecule has 5 rings (SSSR count). The molecule has 2 bridgehead atoms. The number of H-pyrrole nitrogens is 1. The molecule has 1 aromatic heterocycles. The van der Waals surface area contributed by atoms with Crippen LogP contribution in [0.4, 0.5) is 0 Å². The highest BCUT2D eigenvalue weighted by molar-refractivity contribution is 5.92. The van der Waals surface area contributed by atoms with E-state index < -0.39 is 0 Å². The van der Waals surface area contributed by atoms with Crippen LogP contribution in [0.5, 0.6) is 0 Å². The van der Waals surface area contributed by atoms with Gasteiger partial charge in [0.15, 0.2) is 0 Å². The van der Waals surface area contributed by atoms with Crippen LogP contribution in [-0.2, 0) is 0 Å². The lowest BCUT2D eigenvalue weighted by molar-refractivity contribution is -0.0371. The highest BCUT2D eigenvalue weighted by atomic mass is 16.2. The number of nitrogens with one attached hydrogen (secondary N) is 3. The first-order valence-corrected chi connectivity index (χ1v) is 10.8. The summed E-state index contributed by atoms with van der Waals surface area (Å²) in [5.41, 5.74) is 0.804. The molecule has 4 atom stereocenters. The SMILES string of the molecule is O=C(NC[C@H]1[C@@H]2CNC[C@@H](C2)[C@@H]2CCCCN21)c1cc(=O)n(-c2ccccc2)[nH]1. The number of hydrogen-bond acceptors (Lipinski definition) is 4. The van der Waals surface area contributed by atoms with Gasteiger partial charge in [-0.15, -0.1) is 0 Å². The van der Waals surface area contributed by atoms with Gasteiger partial charge in [0.05, 0.1) is 5.69 Å². The Morgan fingerprint density at radius 1 is 1.14 bits per heavy atom. The predicted molar refractivity (Wildman–Crippen MR) is 111 cm³/mol. The molecule has 7 heteroatoms. The minimum absolute atomic E-state index is 0.212. The highest BCUT2D eigenvalue weighted by Crippen LogP contribution is 2.38. The predicted octanol–water partition coefficient (Wildman–Crippen LogP) is 1.36. The van der Waals surface area contributed by atoms with Crippen molar-refractivity contribution in [2.24, 2.45) is 11.8 Å². The second-order valence-corrected chi connectivity index (χ2v) is 8.67. The standard InChI is InChI=1S/C22H29N5O2/c28-21-11-18(25-27(21)17-6-2-1-3-7-17)22(29)24-14-20-16-10-15(12-23-13-16)19-8-4-5-9-26(19)20/h1-3,6-7,11,15-16,19-20,23,25H,4-5,8-10,12-14H2,(H,24,29)/t15-,16+,19+,20+/m1/s1. The summed E-state index contributed by atoms with van der Waals surface area (Å²) in [6, 6.07) is 11.7. The van der Waals surface area contributed by atoms with Gasteiger partial charge in [-0.05, 0) is 62.9 Å². The number of amides is 1. The van der Waals surface area contributed by atoms with Crippen LogP contribution in [0.25, 0.3) is 5.69 Å². The van der Waals surface area contributed by atoms with Crippen molar-refractivity contribution >= 4 is 5.91 Å². The fourth-order valence-corrected chi connectivity index (χ4v) is 5.62. The lowest BCUT2D eigenvalue weighted by atomic mass is 9.73. The van der Waals surface area contributed by atoms with E-state index >= 15 is 0 Å². The average Bonchev–Trinajstić information content (AvgIpc) is 3.16. The molecule has 1 amide bonds. The molecule has 0 radical (unpaired) electrons. The Balaban J connectivity index is 1.29. The van der Waals surface area contributed by atoms with E-state index in [1.807, 2.05) is 30.3 Å². The molecule has 3 saturated heterocycles. The van der Waals surface area contributed by atoms with E-state index in [4.69, 9.17) is 0 Å². The van der Waals surface area contributed by atoms with Gasteiger partial charge in [0, 0.05) is 24.7 Å². The van der Waals surface area contributed by atoms with Gasteiger partial charge < -0.3 is 10.6 Å². The third-order valence-corrected chi connectivity index (χ3v) is 6.98. The van der Waals surface area contributed by atoms with Crippen LogP contribution in [-0.4, -0.2) is 58.9 Å². The zero-order chi connectivity index (χ0) is 19.8. The van der Waals surface area contributed by atoms with Gasteiger partial charge in [-0.25, -0.2) is 4.68 Å². The molecule has 154 valence electrons. The van der Waals surface area contributed by atoms with E-state index in [0.29, 0.717) is 30.2 Å². The normalized spacial score (nSPS) is 29.2. The van der Waals surface area contributed by atoms with Gasteiger partial charge in [0.1, 0.15) is 5.69 Å². The monoisotopic (exact) mass is 395 g/mol. The lowest BCUT2D eigenvalue weighted by Gasteiger charge is -2.55. The van der Waals surface area contributed by atoms with Crippen LogP contribution in [0, 0.1) is 11.8 Å². The molecule has 3 fully saturated rings. The zero-order valence-corrected chi connectivity index (χ0v) is 16.6. The second-order valence-electron chi connectivity index (χ2n) is 8.67. The van der Waals surface area contributed by atoms with Gasteiger partial charge in [0.2, 0.25) is 0 Å². The second kappa shape index (κ2) is 7.80. The molecular weight excluding hydrogens is 366 g/mol. The van der Waals surface area contributed by atoms with Gasteiger partial charge >= 0.3 is 0 Å². The van der Waals surface area contributed by atoms with Crippen LogP contribution in [0.15, 0.2) is 41.2 Å². The largest absolute Gasteiger partial charge is 0.349 e. The van der Waals surface area contributed by atoms with Crippen molar-refractivity contribution in [3.05, 3.63) is 52.4 Å². The maximum Gasteiger partial charge on any atom is 0.271 e. The molecule has 7 nitrogen and oxygen atoms in total. The topological polar surface area (TPSA) is 82.2 Å². The Hall–Kier alpha value is -2.38. The van der Waals surface area contributed by atoms with E-state index in [1.165, 1.54) is 36.4 Å². The summed E-state index contributed by atoms with van der Waals surface area (Å²) >= 11 is 0. The summed E-state index contributed by atoms with van der Waals surface area (Å²) in [7, 11) is 0. The van der Waals surface area contributed by atoms with Crippen LogP contribution < -0.4 is 16.2 Å². The summed E-state index contributed by atoms with van der Waals surface area (Å²) in [4.78, 5) is 27.8. The maximum absolute atomic E-state index is 12.8. The fourth-order valence-electron chi connectivity index (χ4n) is 5.62. The summed E-state index contributed by atoms with van der Waals surface area (Å²) in [6.45, 7) is 3.93. The fraction of sp³-hybridized carbons (Fsp3) is 0.545. The van der Waals surface area contributed by atoms with E-state index in [1.54, 1.807) is 0 Å². The Bertz CT molecular complexity index is 921. The number of aromatic nitrogens is 2. The zero-order valence-electron chi connectivity index (χ0n) is 16.6.